The molecule has 0 amide bonds. The summed E-state index contributed by atoms with van der Waals surface area (Å²) in [5, 5.41) is -0.179. The maximum absolute atomic E-state index is 12.0. The maximum Gasteiger partial charge on any atom is 0.257 e. The number of thiocarbonyl (C=S) groups is 1. The molecule has 7 nitrogen and oxygen atoms in total. The third kappa shape index (κ3) is 3.69. The highest BCUT2D eigenvalue weighted by Gasteiger charge is 2.20. The Labute approximate surface area is 117 Å². The van der Waals surface area contributed by atoms with E-state index in [9.17, 15) is 8.42 Å². The second-order valence-corrected chi connectivity index (χ2v) is 5.66. The van der Waals surface area contributed by atoms with E-state index in [1.165, 1.54) is 20.3 Å². The lowest BCUT2D eigenvalue weighted by molar-refractivity contribution is 0.353. The van der Waals surface area contributed by atoms with Crippen molar-refractivity contribution in [2.75, 3.05) is 14.2 Å². The lowest BCUT2D eigenvalue weighted by atomic mass is 10.2. The number of hydrogen-bond acceptors (Lipinski definition) is 5. The molecule has 0 heterocycles. The Morgan fingerprint density at radius 3 is 2.26 bits per heavy atom. The number of nitrogens with one attached hydrogen (secondary N) is 2. The third-order valence-corrected chi connectivity index (χ3v) is 3.77. The van der Waals surface area contributed by atoms with E-state index in [0.717, 1.165) is 0 Å². The molecule has 0 unspecified atom stereocenters. The van der Waals surface area contributed by atoms with Crippen LogP contribution in [0.2, 0.25) is 0 Å². The van der Waals surface area contributed by atoms with Gasteiger partial charge in [0.2, 0.25) is 0 Å². The van der Waals surface area contributed by atoms with Crippen LogP contribution in [0.4, 0.5) is 0 Å². The number of ether oxygens (including phenoxy) is 2. The van der Waals surface area contributed by atoms with Crippen molar-refractivity contribution in [3.63, 3.8) is 0 Å². The average molecular weight is 305 g/mol. The van der Waals surface area contributed by atoms with E-state index in [1.54, 1.807) is 13.0 Å². The number of sulfonamides is 1. The number of rotatable bonds is 5. The number of nitrogens with two attached hydrogens (primary N) is 1. The second kappa shape index (κ2) is 6.04. The number of hydrogen-bond donors (Lipinski definition) is 3. The topological polar surface area (TPSA) is 103 Å². The van der Waals surface area contributed by atoms with Crippen molar-refractivity contribution in [3.05, 3.63) is 17.7 Å². The molecule has 106 valence electrons. The largest absolute Gasteiger partial charge is 0.493 e. The summed E-state index contributed by atoms with van der Waals surface area (Å²) >= 11 is 4.53. The lowest BCUT2D eigenvalue weighted by Gasteiger charge is -2.14. The van der Waals surface area contributed by atoms with Crippen molar-refractivity contribution in [1.29, 1.82) is 0 Å². The number of aryl methyl sites for hydroxylation is 1. The van der Waals surface area contributed by atoms with Gasteiger partial charge in [-0.1, -0.05) is 0 Å². The van der Waals surface area contributed by atoms with Gasteiger partial charge in [-0.15, -0.1) is 4.83 Å². The molecule has 1 rings (SSSR count). The van der Waals surface area contributed by atoms with Crippen molar-refractivity contribution in [1.82, 2.24) is 10.3 Å². The zero-order valence-electron chi connectivity index (χ0n) is 10.7. The van der Waals surface area contributed by atoms with E-state index >= 15 is 0 Å². The summed E-state index contributed by atoms with van der Waals surface area (Å²) in [4.78, 5) is 2.10. The van der Waals surface area contributed by atoms with Crippen LogP contribution in [0.5, 0.6) is 11.5 Å². The van der Waals surface area contributed by atoms with Gasteiger partial charge in [-0.05, 0) is 30.8 Å². The molecule has 0 spiro atoms. The summed E-state index contributed by atoms with van der Waals surface area (Å²) in [5.74, 6) is 0.755. The Kier molecular flexibility index (Phi) is 4.92. The summed E-state index contributed by atoms with van der Waals surface area (Å²) in [6.45, 7) is 1.64. The highest BCUT2D eigenvalue weighted by atomic mass is 32.2. The van der Waals surface area contributed by atoms with Crippen LogP contribution < -0.4 is 25.5 Å². The van der Waals surface area contributed by atoms with Crippen LogP contribution in [0.1, 0.15) is 5.56 Å². The SMILES string of the molecule is COc1cc(C)c(S(=O)(=O)NNC(N)=S)cc1OC. The normalized spacial score (nSPS) is 10.9. The molecule has 0 aliphatic carbocycles. The van der Waals surface area contributed by atoms with Crippen LogP contribution in [0, 0.1) is 6.92 Å². The third-order valence-electron chi connectivity index (χ3n) is 2.28. The van der Waals surface area contributed by atoms with E-state index in [4.69, 9.17) is 15.2 Å². The van der Waals surface area contributed by atoms with Crippen LogP contribution in [-0.2, 0) is 10.0 Å². The minimum absolute atomic E-state index is 0.0360. The average Bonchev–Trinajstić information content (AvgIpc) is 2.35. The standard InChI is InChI=1S/C10H15N3O4S2/c1-6-4-7(16-2)8(17-3)5-9(6)19(14,15)13-12-10(11)18/h4-5,13H,1-3H3,(H3,11,12,18). The molecule has 0 radical (unpaired) electrons. The van der Waals surface area contributed by atoms with Gasteiger partial charge in [0, 0.05) is 6.07 Å². The first-order valence-corrected chi connectivity index (χ1v) is 7.01. The Hall–Kier alpha value is -1.58. The lowest BCUT2D eigenvalue weighted by Crippen LogP contribution is -2.44. The molecule has 0 saturated heterocycles. The summed E-state index contributed by atoms with van der Waals surface area (Å²) in [6, 6.07) is 2.92. The maximum atomic E-state index is 12.0. The van der Waals surface area contributed by atoms with Crippen LogP contribution in [0.25, 0.3) is 0 Å². The predicted molar refractivity (Wildman–Crippen MR) is 74.5 cm³/mol. The van der Waals surface area contributed by atoms with Gasteiger partial charge < -0.3 is 15.2 Å². The molecule has 0 aromatic heterocycles. The molecule has 0 atom stereocenters. The molecule has 0 aliphatic rings. The minimum atomic E-state index is -3.81. The molecule has 0 saturated carbocycles. The Bertz CT molecular complexity index is 587. The van der Waals surface area contributed by atoms with Gasteiger partial charge in [0.05, 0.1) is 19.1 Å². The predicted octanol–water partition coefficient (Wildman–Crippen LogP) is 0.0387. The van der Waals surface area contributed by atoms with Gasteiger partial charge in [0.15, 0.2) is 16.6 Å². The molecule has 0 aliphatic heterocycles. The van der Waals surface area contributed by atoms with E-state index in [-0.39, 0.29) is 10.0 Å². The zero-order valence-corrected chi connectivity index (χ0v) is 12.3. The van der Waals surface area contributed by atoms with Gasteiger partial charge in [-0.2, -0.15) is 0 Å². The molecule has 19 heavy (non-hydrogen) atoms. The van der Waals surface area contributed by atoms with Gasteiger partial charge in [0.25, 0.3) is 10.0 Å². The van der Waals surface area contributed by atoms with E-state index in [2.05, 4.69) is 22.5 Å². The molecule has 9 heteroatoms. The molecule has 1 aromatic carbocycles. The molecule has 0 fully saturated rings. The minimum Gasteiger partial charge on any atom is -0.493 e. The first-order valence-electron chi connectivity index (χ1n) is 5.11. The number of hydrazine groups is 1. The number of methoxy groups -OCH3 is 2. The van der Waals surface area contributed by atoms with E-state index in [0.29, 0.717) is 17.1 Å². The van der Waals surface area contributed by atoms with Crippen LogP contribution >= 0.6 is 12.2 Å². The van der Waals surface area contributed by atoms with Crippen molar-refractivity contribution >= 4 is 27.4 Å². The van der Waals surface area contributed by atoms with Crippen LogP contribution in [0.3, 0.4) is 0 Å². The van der Waals surface area contributed by atoms with Crippen molar-refractivity contribution < 1.29 is 17.9 Å². The van der Waals surface area contributed by atoms with Crippen molar-refractivity contribution in [2.45, 2.75) is 11.8 Å². The fourth-order valence-corrected chi connectivity index (χ4v) is 2.64. The monoisotopic (exact) mass is 305 g/mol. The zero-order chi connectivity index (χ0) is 14.6. The fraction of sp³-hybridized carbons (Fsp3) is 0.300. The quantitative estimate of drug-likeness (QED) is 0.521. The molecular formula is C10H15N3O4S2. The summed E-state index contributed by atoms with van der Waals surface area (Å²) in [7, 11) is -0.916. The molecule has 4 N–H and O–H groups in total. The van der Waals surface area contributed by atoms with Crippen LogP contribution in [-0.4, -0.2) is 27.7 Å². The highest BCUT2D eigenvalue weighted by Crippen LogP contribution is 2.32. The van der Waals surface area contributed by atoms with Gasteiger partial charge in [-0.25, -0.2) is 8.42 Å². The van der Waals surface area contributed by atoms with Gasteiger partial charge in [-0.3, -0.25) is 5.43 Å². The Morgan fingerprint density at radius 1 is 1.26 bits per heavy atom. The number of benzene rings is 1. The second-order valence-electron chi connectivity index (χ2n) is 3.57. The fourth-order valence-electron chi connectivity index (χ4n) is 1.42. The van der Waals surface area contributed by atoms with E-state index < -0.39 is 10.0 Å². The first kappa shape index (κ1) is 15.5. The summed E-state index contributed by atoms with van der Waals surface area (Å²) in [5.41, 5.74) is 7.84. The van der Waals surface area contributed by atoms with Crippen molar-refractivity contribution in [3.8, 4) is 11.5 Å². The van der Waals surface area contributed by atoms with Crippen molar-refractivity contribution in [2.24, 2.45) is 5.73 Å². The Balaban J connectivity index is 3.23. The summed E-state index contributed by atoms with van der Waals surface area (Å²) in [6.07, 6.45) is 0. The highest BCUT2D eigenvalue weighted by molar-refractivity contribution is 7.89. The van der Waals surface area contributed by atoms with Gasteiger partial charge in [0.1, 0.15) is 0 Å². The van der Waals surface area contributed by atoms with Gasteiger partial charge >= 0.3 is 0 Å². The first-order chi connectivity index (χ1) is 8.81. The molecule has 0 bridgehead atoms. The summed E-state index contributed by atoms with van der Waals surface area (Å²) < 4.78 is 34.2. The Morgan fingerprint density at radius 2 is 1.79 bits per heavy atom. The smallest absolute Gasteiger partial charge is 0.257 e. The molecular weight excluding hydrogens is 290 g/mol. The van der Waals surface area contributed by atoms with Crippen LogP contribution in [0.15, 0.2) is 17.0 Å². The molecule has 1 aromatic rings. The van der Waals surface area contributed by atoms with E-state index in [1.807, 2.05) is 0 Å².